The summed E-state index contributed by atoms with van der Waals surface area (Å²) in [5.41, 5.74) is 1.16. The normalized spacial score (nSPS) is 11.1. The summed E-state index contributed by atoms with van der Waals surface area (Å²) < 4.78 is 10.9. The Hall–Kier alpha value is -2.20. The lowest BCUT2D eigenvalue weighted by atomic mass is 10.1. The van der Waals surface area contributed by atoms with E-state index in [1.807, 2.05) is 0 Å². The zero-order valence-electron chi connectivity index (χ0n) is 9.94. The number of fused-ring (bicyclic) bond motifs is 3. The molecule has 4 nitrogen and oxygen atoms in total. The molecule has 0 saturated carbocycles. The number of hydrogen-bond donors (Lipinski definition) is 1. The van der Waals surface area contributed by atoms with E-state index in [-0.39, 0.29) is 5.56 Å². The lowest BCUT2D eigenvalue weighted by molar-refractivity contribution is 0.0699. The van der Waals surface area contributed by atoms with Gasteiger partial charge in [0.25, 0.3) is 0 Å². The molecule has 3 rings (SSSR count). The Labute approximate surface area is 113 Å². The van der Waals surface area contributed by atoms with Crippen LogP contribution in [-0.2, 0) is 0 Å². The number of carbonyl (C=O) groups is 1. The van der Waals surface area contributed by atoms with Crippen molar-refractivity contribution in [2.24, 2.45) is 0 Å². The van der Waals surface area contributed by atoms with Crippen molar-refractivity contribution in [2.45, 2.75) is 0 Å². The maximum Gasteiger partial charge on any atom is 0.336 e. The Kier molecular flexibility index (Phi) is 2.61. The first-order valence-electron chi connectivity index (χ1n) is 5.54. The van der Waals surface area contributed by atoms with E-state index in [1.165, 1.54) is 13.2 Å². The van der Waals surface area contributed by atoms with E-state index in [4.69, 9.17) is 20.8 Å². The summed E-state index contributed by atoms with van der Waals surface area (Å²) in [6.45, 7) is 0. The van der Waals surface area contributed by atoms with E-state index in [0.29, 0.717) is 32.7 Å². The van der Waals surface area contributed by atoms with Crippen molar-refractivity contribution in [3.63, 3.8) is 0 Å². The summed E-state index contributed by atoms with van der Waals surface area (Å²) in [6, 6.07) is 8.17. The van der Waals surface area contributed by atoms with Crippen LogP contribution in [0.5, 0.6) is 5.75 Å². The van der Waals surface area contributed by atoms with Gasteiger partial charge in [0.15, 0.2) is 11.3 Å². The Bertz CT molecular complexity index is 804. The van der Waals surface area contributed by atoms with E-state index >= 15 is 0 Å². The van der Waals surface area contributed by atoms with Crippen LogP contribution in [0.4, 0.5) is 0 Å². The fraction of sp³-hybridized carbons (Fsp3) is 0.0714. The molecule has 0 spiro atoms. The molecule has 1 heterocycles. The molecule has 0 atom stereocenters. The molecule has 3 aromatic rings. The number of benzene rings is 2. The van der Waals surface area contributed by atoms with Crippen molar-refractivity contribution < 1.29 is 19.1 Å². The number of methoxy groups -OCH3 is 1. The molecular weight excluding hydrogens is 268 g/mol. The quantitative estimate of drug-likeness (QED) is 0.770. The van der Waals surface area contributed by atoms with Gasteiger partial charge in [-0.25, -0.2) is 4.79 Å². The molecule has 0 radical (unpaired) electrons. The predicted octanol–water partition coefficient (Wildman–Crippen LogP) is 3.95. The summed E-state index contributed by atoms with van der Waals surface area (Å²) in [6.07, 6.45) is 0. The van der Waals surface area contributed by atoms with Crippen molar-refractivity contribution in [2.75, 3.05) is 7.11 Å². The third-order valence-corrected chi connectivity index (χ3v) is 3.23. The van der Waals surface area contributed by atoms with Crippen molar-refractivity contribution in [1.82, 2.24) is 0 Å². The summed E-state index contributed by atoms with van der Waals surface area (Å²) in [5, 5.41) is 11.0. The molecule has 0 amide bonds. The number of rotatable bonds is 2. The van der Waals surface area contributed by atoms with Crippen LogP contribution in [-0.4, -0.2) is 18.2 Å². The van der Waals surface area contributed by atoms with Crippen molar-refractivity contribution >= 4 is 39.5 Å². The first kappa shape index (κ1) is 11.9. The number of aromatic carboxylic acids is 1. The monoisotopic (exact) mass is 276 g/mol. The third kappa shape index (κ3) is 1.72. The summed E-state index contributed by atoms with van der Waals surface area (Å²) in [5.74, 6) is -0.525. The van der Waals surface area contributed by atoms with Gasteiger partial charge in [-0.1, -0.05) is 11.6 Å². The molecule has 1 aromatic heterocycles. The van der Waals surface area contributed by atoms with E-state index in [9.17, 15) is 9.90 Å². The number of ether oxygens (including phenoxy) is 1. The van der Waals surface area contributed by atoms with Crippen LogP contribution in [0.3, 0.4) is 0 Å². The molecular formula is C14H9ClO4. The summed E-state index contributed by atoms with van der Waals surface area (Å²) in [4.78, 5) is 11.3. The number of carboxylic acids is 1. The molecule has 0 aliphatic carbocycles. The molecule has 96 valence electrons. The van der Waals surface area contributed by atoms with Gasteiger partial charge in [0, 0.05) is 15.8 Å². The fourth-order valence-electron chi connectivity index (χ4n) is 2.17. The predicted molar refractivity (Wildman–Crippen MR) is 72.2 cm³/mol. The van der Waals surface area contributed by atoms with Gasteiger partial charge < -0.3 is 14.3 Å². The van der Waals surface area contributed by atoms with Crippen molar-refractivity contribution in [1.29, 1.82) is 0 Å². The molecule has 0 fully saturated rings. The minimum absolute atomic E-state index is 0.164. The van der Waals surface area contributed by atoms with Crippen LogP contribution < -0.4 is 4.74 Å². The van der Waals surface area contributed by atoms with E-state index in [2.05, 4.69) is 0 Å². The Morgan fingerprint density at radius 2 is 2.11 bits per heavy atom. The van der Waals surface area contributed by atoms with Gasteiger partial charge >= 0.3 is 5.97 Å². The minimum Gasteiger partial charge on any atom is -0.493 e. The van der Waals surface area contributed by atoms with E-state index < -0.39 is 5.97 Å². The summed E-state index contributed by atoms with van der Waals surface area (Å²) >= 11 is 5.96. The van der Waals surface area contributed by atoms with Gasteiger partial charge in [-0.3, -0.25) is 0 Å². The first-order chi connectivity index (χ1) is 9.11. The minimum atomic E-state index is -1.02. The molecule has 0 aliphatic heterocycles. The van der Waals surface area contributed by atoms with Crippen LogP contribution >= 0.6 is 11.6 Å². The molecule has 0 bridgehead atoms. The van der Waals surface area contributed by atoms with Crippen LogP contribution in [0.2, 0.25) is 5.02 Å². The molecule has 0 aliphatic rings. The summed E-state index contributed by atoms with van der Waals surface area (Å²) in [7, 11) is 1.51. The van der Waals surface area contributed by atoms with Gasteiger partial charge in [0.05, 0.1) is 12.7 Å². The van der Waals surface area contributed by atoms with Gasteiger partial charge in [-0.05, 0) is 30.3 Å². The Balaban J connectivity index is 2.55. The van der Waals surface area contributed by atoms with Crippen LogP contribution in [0.1, 0.15) is 10.4 Å². The molecule has 19 heavy (non-hydrogen) atoms. The second-order valence-corrected chi connectivity index (χ2v) is 4.50. The largest absolute Gasteiger partial charge is 0.493 e. The third-order valence-electron chi connectivity index (χ3n) is 2.99. The second kappa shape index (κ2) is 4.17. The molecule has 1 N–H and O–H groups in total. The SMILES string of the molecule is COc1ccc(C(=O)O)c2c1oc1ccc(Cl)cc12. The average molecular weight is 277 g/mol. The lowest BCUT2D eigenvalue weighted by Crippen LogP contribution is -1.97. The van der Waals surface area contributed by atoms with Crippen LogP contribution in [0.15, 0.2) is 34.7 Å². The van der Waals surface area contributed by atoms with Gasteiger partial charge in [-0.15, -0.1) is 0 Å². The number of hydrogen-bond acceptors (Lipinski definition) is 3. The van der Waals surface area contributed by atoms with Crippen LogP contribution in [0.25, 0.3) is 21.9 Å². The van der Waals surface area contributed by atoms with Crippen molar-refractivity contribution in [3.05, 3.63) is 40.9 Å². The molecule has 2 aromatic carbocycles. The fourth-order valence-corrected chi connectivity index (χ4v) is 2.34. The highest BCUT2D eigenvalue weighted by molar-refractivity contribution is 6.32. The zero-order valence-corrected chi connectivity index (χ0v) is 10.7. The Morgan fingerprint density at radius 1 is 1.32 bits per heavy atom. The lowest BCUT2D eigenvalue weighted by Gasteiger charge is -2.02. The highest BCUT2D eigenvalue weighted by Crippen LogP contribution is 2.37. The number of furan rings is 1. The smallest absolute Gasteiger partial charge is 0.336 e. The van der Waals surface area contributed by atoms with Gasteiger partial charge in [0.1, 0.15) is 5.58 Å². The average Bonchev–Trinajstić information content (AvgIpc) is 2.76. The topological polar surface area (TPSA) is 59.7 Å². The van der Waals surface area contributed by atoms with Crippen molar-refractivity contribution in [3.8, 4) is 5.75 Å². The highest BCUT2D eigenvalue weighted by atomic mass is 35.5. The zero-order chi connectivity index (χ0) is 13.6. The van der Waals surface area contributed by atoms with Gasteiger partial charge in [0.2, 0.25) is 0 Å². The van der Waals surface area contributed by atoms with E-state index in [0.717, 1.165) is 0 Å². The first-order valence-corrected chi connectivity index (χ1v) is 5.91. The number of carboxylic acid groups (broad SMARTS) is 1. The molecule has 0 saturated heterocycles. The highest BCUT2D eigenvalue weighted by Gasteiger charge is 2.19. The maximum atomic E-state index is 11.3. The second-order valence-electron chi connectivity index (χ2n) is 4.07. The molecule has 0 unspecified atom stereocenters. The number of halogens is 1. The van der Waals surface area contributed by atoms with E-state index in [1.54, 1.807) is 24.3 Å². The molecule has 5 heteroatoms. The maximum absolute atomic E-state index is 11.3. The Morgan fingerprint density at radius 3 is 2.79 bits per heavy atom. The standard InChI is InChI=1S/C14H9ClO4/c1-18-11-5-3-8(14(16)17)12-9-6-7(15)2-4-10(9)19-13(11)12/h2-6H,1H3,(H,16,17). The van der Waals surface area contributed by atoms with Gasteiger partial charge in [-0.2, -0.15) is 0 Å². The van der Waals surface area contributed by atoms with Crippen LogP contribution in [0, 0.1) is 0 Å².